The summed E-state index contributed by atoms with van der Waals surface area (Å²) < 4.78 is 5.32. The van der Waals surface area contributed by atoms with Crippen LogP contribution in [0.25, 0.3) is 0 Å². The first-order valence-corrected chi connectivity index (χ1v) is 6.96. The van der Waals surface area contributed by atoms with Crippen LogP contribution in [-0.4, -0.2) is 44.6 Å². The van der Waals surface area contributed by atoms with Crippen LogP contribution in [0.15, 0.2) is 18.2 Å². The zero-order valence-electron chi connectivity index (χ0n) is 12.4. The molecule has 0 saturated carbocycles. The monoisotopic (exact) mass is 277 g/mol. The summed E-state index contributed by atoms with van der Waals surface area (Å²) in [6, 6.07) is 5.81. The maximum Gasteiger partial charge on any atom is 0.241 e. The second-order valence-corrected chi connectivity index (χ2v) is 5.41. The van der Waals surface area contributed by atoms with E-state index in [1.807, 2.05) is 32.3 Å². The van der Waals surface area contributed by atoms with E-state index in [0.29, 0.717) is 5.75 Å². The molecular formula is C15H23N3O2. The van der Waals surface area contributed by atoms with Crippen LogP contribution in [0.5, 0.6) is 5.75 Å². The van der Waals surface area contributed by atoms with Gasteiger partial charge < -0.3 is 20.3 Å². The van der Waals surface area contributed by atoms with E-state index in [9.17, 15) is 4.79 Å². The Bertz CT molecular complexity index is 468. The summed E-state index contributed by atoms with van der Waals surface area (Å²) in [6.07, 6.45) is 1.95. The Hall–Kier alpha value is -1.59. The molecule has 1 aliphatic heterocycles. The Labute approximate surface area is 120 Å². The number of ether oxygens (including phenoxy) is 1. The SMILES string of the molecule is COc1ccc(CN(C)C)cc1NC(=O)[C@@H]1CCCN1. The fourth-order valence-corrected chi connectivity index (χ4v) is 2.44. The number of nitrogens with one attached hydrogen (secondary N) is 2. The van der Waals surface area contributed by atoms with Gasteiger partial charge in [0.25, 0.3) is 0 Å². The van der Waals surface area contributed by atoms with E-state index in [1.54, 1.807) is 7.11 Å². The molecule has 2 rings (SSSR count). The number of carbonyl (C=O) groups is 1. The summed E-state index contributed by atoms with van der Waals surface area (Å²) in [5.41, 5.74) is 1.89. The molecule has 0 aliphatic carbocycles. The van der Waals surface area contributed by atoms with Gasteiger partial charge in [0.2, 0.25) is 5.91 Å². The number of rotatable bonds is 5. The molecule has 1 saturated heterocycles. The number of hydrogen-bond acceptors (Lipinski definition) is 4. The third-order valence-electron chi connectivity index (χ3n) is 3.40. The number of nitrogens with zero attached hydrogens (tertiary/aromatic N) is 1. The first-order valence-electron chi connectivity index (χ1n) is 6.96. The van der Waals surface area contributed by atoms with Gasteiger partial charge in [0.05, 0.1) is 18.8 Å². The van der Waals surface area contributed by atoms with Crippen LogP contribution in [0.3, 0.4) is 0 Å². The lowest BCUT2D eigenvalue weighted by Gasteiger charge is -2.16. The van der Waals surface area contributed by atoms with Crippen LogP contribution in [0.1, 0.15) is 18.4 Å². The summed E-state index contributed by atoms with van der Waals surface area (Å²) in [5.74, 6) is 0.710. The van der Waals surface area contributed by atoms with Crippen molar-refractivity contribution in [3.8, 4) is 5.75 Å². The van der Waals surface area contributed by atoms with Crippen molar-refractivity contribution in [2.75, 3.05) is 33.1 Å². The number of benzene rings is 1. The highest BCUT2D eigenvalue weighted by Crippen LogP contribution is 2.26. The summed E-state index contributed by atoms with van der Waals surface area (Å²) in [5, 5.41) is 6.17. The van der Waals surface area contributed by atoms with Gasteiger partial charge in [0.1, 0.15) is 5.75 Å². The van der Waals surface area contributed by atoms with Gasteiger partial charge in [-0.3, -0.25) is 4.79 Å². The van der Waals surface area contributed by atoms with Crippen LogP contribution in [0.2, 0.25) is 0 Å². The second kappa shape index (κ2) is 6.72. The minimum atomic E-state index is -0.0859. The van der Waals surface area contributed by atoms with Crippen molar-refractivity contribution in [1.82, 2.24) is 10.2 Å². The van der Waals surface area contributed by atoms with Crippen molar-refractivity contribution in [3.63, 3.8) is 0 Å². The van der Waals surface area contributed by atoms with Crippen molar-refractivity contribution in [2.45, 2.75) is 25.4 Å². The summed E-state index contributed by atoms with van der Waals surface area (Å²) in [6.45, 7) is 1.74. The standard InChI is InChI=1S/C15H23N3O2/c1-18(2)10-11-6-7-14(20-3)13(9-11)17-15(19)12-5-4-8-16-12/h6-7,9,12,16H,4-5,8,10H2,1-3H3,(H,17,19)/t12-/m0/s1. The topological polar surface area (TPSA) is 53.6 Å². The molecule has 1 atom stereocenters. The molecule has 1 aliphatic rings. The summed E-state index contributed by atoms with van der Waals surface area (Å²) in [4.78, 5) is 14.3. The largest absolute Gasteiger partial charge is 0.495 e. The third-order valence-corrected chi connectivity index (χ3v) is 3.40. The highest BCUT2D eigenvalue weighted by atomic mass is 16.5. The molecule has 0 spiro atoms. The fraction of sp³-hybridized carbons (Fsp3) is 0.533. The molecule has 1 amide bonds. The van der Waals surface area contributed by atoms with Crippen LogP contribution < -0.4 is 15.4 Å². The predicted octanol–water partition coefficient (Wildman–Crippen LogP) is 1.45. The van der Waals surface area contributed by atoms with Gasteiger partial charge >= 0.3 is 0 Å². The van der Waals surface area contributed by atoms with Crippen molar-refractivity contribution >= 4 is 11.6 Å². The Morgan fingerprint density at radius 3 is 2.90 bits per heavy atom. The van der Waals surface area contributed by atoms with Gasteiger partial charge in [-0.25, -0.2) is 0 Å². The van der Waals surface area contributed by atoms with Gasteiger partial charge in [0.15, 0.2) is 0 Å². The van der Waals surface area contributed by atoms with E-state index in [2.05, 4.69) is 15.5 Å². The van der Waals surface area contributed by atoms with Gasteiger partial charge in [0, 0.05) is 6.54 Å². The van der Waals surface area contributed by atoms with Gasteiger partial charge in [-0.2, -0.15) is 0 Å². The van der Waals surface area contributed by atoms with E-state index in [1.165, 1.54) is 0 Å². The number of hydrogen-bond donors (Lipinski definition) is 2. The maximum atomic E-state index is 12.2. The van der Waals surface area contributed by atoms with Crippen LogP contribution >= 0.6 is 0 Å². The van der Waals surface area contributed by atoms with Crippen molar-refractivity contribution in [3.05, 3.63) is 23.8 Å². The Morgan fingerprint density at radius 1 is 1.50 bits per heavy atom. The molecule has 1 fully saturated rings. The minimum Gasteiger partial charge on any atom is -0.495 e. The zero-order chi connectivity index (χ0) is 14.5. The average molecular weight is 277 g/mol. The van der Waals surface area contributed by atoms with Crippen molar-refractivity contribution < 1.29 is 9.53 Å². The molecule has 0 radical (unpaired) electrons. The average Bonchev–Trinajstić information content (AvgIpc) is 2.92. The molecule has 110 valence electrons. The zero-order valence-corrected chi connectivity index (χ0v) is 12.4. The molecule has 0 aromatic heterocycles. The van der Waals surface area contributed by atoms with Gasteiger partial charge in [-0.05, 0) is 51.2 Å². The van der Waals surface area contributed by atoms with Gasteiger partial charge in [-0.1, -0.05) is 6.07 Å². The highest BCUT2D eigenvalue weighted by molar-refractivity contribution is 5.96. The Kier molecular flexibility index (Phi) is 4.98. The van der Waals surface area contributed by atoms with Gasteiger partial charge in [-0.15, -0.1) is 0 Å². The number of amides is 1. The van der Waals surface area contributed by atoms with E-state index in [4.69, 9.17) is 4.74 Å². The summed E-state index contributed by atoms with van der Waals surface area (Å²) in [7, 11) is 5.65. The second-order valence-electron chi connectivity index (χ2n) is 5.41. The van der Waals surface area contributed by atoms with Crippen LogP contribution in [0.4, 0.5) is 5.69 Å². The van der Waals surface area contributed by atoms with E-state index in [-0.39, 0.29) is 11.9 Å². The lowest BCUT2D eigenvalue weighted by Crippen LogP contribution is -2.35. The number of methoxy groups -OCH3 is 1. The highest BCUT2D eigenvalue weighted by Gasteiger charge is 2.22. The first kappa shape index (κ1) is 14.8. The predicted molar refractivity (Wildman–Crippen MR) is 80.0 cm³/mol. The van der Waals surface area contributed by atoms with Crippen LogP contribution in [0, 0.1) is 0 Å². The quantitative estimate of drug-likeness (QED) is 0.855. The molecule has 20 heavy (non-hydrogen) atoms. The van der Waals surface area contributed by atoms with Crippen LogP contribution in [-0.2, 0) is 11.3 Å². The third kappa shape index (κ3) is 3.71. The fourth-order valence-electron chi connectivity index (χ4n) is 2.44. The lowest BCUT2D eigenvalue weighted by molar-refractivity contribution is -0.117. The summed E-state index contributed by atoms with van der Waals surface area (Å²) >= 11 is 0. The molecule has 0 unspecified atom stereocenters. The van der Waals surface area contributed by atoms with E-state index in [0.717, 1.165) is 37.2 Å². The molecule has 5 heteroatoms. The first-order chi connectivity index (χ1) is 9.60. The molecule has 5 nitrogen and oxygen atoms in total. The number of anilines is 1. The molecule has 2 N–H and O–H groups in total. The van der Waals surface area contributed by atoms with Crippen molar-refractivity contribution in [1.29, 1.82) is 0 Å². The number of carbonyl (C=O) groups excluding carboxylic acids is 1. The molecule has 1 aromatic rings. The minimum absolute atomic E-state index is 0.0165. The Balaban J connectivity index is 2.12. The molecule has 1 aromatic carbocycles. The van der Waals surface area contributed by atoms with E-state index < -0.39 is 0 Å². The normalized spacial score (nSPS) is 18.3. The van der Waals surface area contributed by atoms with E-state index >= 15 is 0 Å². The Morgan fingerprint density at radius 2 is 2.30 bits per heavy atom. The molecular weight excluding hydrogens is 254 g/mol. The maximum absolute atomic E-state index is 12.2. The smallest absolute Gasteiger partial charge is 0.241 e. The lowest BCUT2D eigenvalue weighted by atomic mass is 10.1. The molecule has 0 bridgehead atoms. The molecule has 1 heterocycles. The van der Waals surface area contributed by atoms with Crippen molar-refractivity contribution in [2.24, 2.45) is 0 Å².